The molecule has 1 amide bonds. The summed E-state index contributed by atoms with van der Waals surface area (Å²) in [4.78, 5) is 25.3. The van der Waals surface area contributed by atoms with Crippen LogP contribution in [0.2, 0.25) is 0 Å². The number of carboxylic acids is 1. The second kappa shape index (κ2) is 5.12. The number of aliphatic carboxylic acids is 1. The van der Waals surface area contributed by atoms with Gasteiger partial charge in [0.25, 0.3) is 0 Å². The molecule has 0 unspecified atom stereocenters. The van der Waals surface area contributed by atoms with Crippen molar-refractivity contribution in [3.8, 4) is 11.5 Å². The molecule has 0 saturated carbocycles. The molecule has 1 saturated heterocycles. The van der Waals surface area contributed by atoms with Crippen molar-refractivity contribution in [3.05, 3.63) is 59.7 Å². The standard InChI is InChI=1S/C18H15NO4/c20-16-10-9-13(18(21)22)19(16)17-11-5-1-3-7-14(11)23-15-8-4-2-6-12(15)17/h1-8,13,17H,9-10H2,(H,21,22)/p-1/t13-/m0/s1. The molecular weight excluding hydrogens is 294 g/mol. The van der Waals surface area contributed by atoms with E-state index in [1.54, 1.807) is 0 Å². The first kappa shape index (κ1) is 13.8. The Morgan fingerprint density at radius 2 is 1.61 bits per heavy atom. The first-order valence-electron chi connectivity index (χ1n) is 7.54. The van der Waals surface area contributed by atoms with Gasteiger partial charge in [-0.3, -0.25) is 4.79 Å². The van der Waals surface area contributed by atoms with Crippen molar-refractivity contribution in [3.63, 3.8) is 0 Å². The van der Waals surface area contributed by atoms with Gasteiger partial charge in [-0.25, -0.2) is 0 Å². The minimum atomic E-state index is -1.21. The highest BCUT2D eigenvalue weighted by atomic mass is 16.5. The van der Waals surface area contributed by atoms with Gasteiger partial charge in [-0.1, -0.05) is 36.4 Å². The average molecular weight is 308 g/mol. The Labute approximate surface area is 133 Å². The summed E-state index contributed by atoms with van der Waals surface area (Å²) in [6, 6.07) is 13.4. The lowest BCUT2D eigenvalue weighted by Crippen LogP contribution is -2.48. The summed E-state index contributed by atoms with van der Waals surface area (Å²) in [5, 5.41) is 11.5. The van der Waals surface area contributed by atoms with E-state index in [0.29, 0.717) is 11.5 Å². The summed E-state index contributed by atoms with van der Waals surface area (Å²) in [7, 11) is 0. The van der Waals surface area contributed by atoms with Gasteiger partial charge in [0, 0.05) is 17.5 Å². The Kier molecular flexibility index (Phi) is 3.08. The molecule has 0 spiro atoms. The molecule has 4 rings (SSSR count). The van der Waals surface area contributed by atoms with Crippen molar-refractivity contribution in [2.24, 2.45) is 0 Å². The quantitative estimate of drug-likeness (QED) is 0.845. The third kappa shape index (κ3) is 2.08. The number of hydrogen-bond donors (Lipinski definition) is 0. The number of benzene rings is 2. The van der Waals surface area contributed by atoms with Gasteiger partial charge in [-0.2, -0.15) is 0 Å². The van der Waals surface area contributed by atoms with Crippen LogP contribution in [0.25, 0.3) is 0 Å². The number of para-hydroxylation sites is 2. The highest BCUT2D eigenvalue weighted by Gasteiger charge is 2.41. The van der Waals surface area contributed by atoms with Gasteiger partial charge in [0.05, 0.1) is 18.1 Å². The molecule has 116 valence electrons. The maximum absolute atomic E-state index is 12.4. The molecule has 5 heteroatoms. The summed E-state index contributed by atoms with van der Waals surface area (Å²) in [5.41, 5.74) is 1.60. The Morgan fingerprint density at radius 3 is 2.17 bits per heavy atom. The van der Waals surface area contributed by atoms with E-state index in [2.05, 4.69) is 0 Å². The predicted octanol–water partition coefficient (Wildman–Crippen LogP) is 1.62. The molecular formula is C18H14NO4-. The maximum Gasteiger partial charge on any atom is 0.224 e. The first-order chi connectivity index (χ1) is 11.2. The zero-order valence-electron chi connectivity index (χ0n) is 12.3. The normalized spacial score (nSPS) is 19.9. The fourth-order valence-corrected chi connectivity index (χ4v) is 3.44. The number of carbonyl (C=O) groups excluding carboxylic acids is 2. The highest BCUT2D eigenvalue weighted by molar-refractivity contribution is 5.87. The van der Waals surface area contributed by atoms with E-state index in [0.717, 1.165) is 11.1 Å². The number of nitrogens with zero attached hydrogens (tertiary/aromatic N) is 1. The monoisotopic (exact) mass is 308 g/mol. The Hall–Kier alpha value is -2.82. The molecule has 2 aromatic rings. The zero-order chi connectivity index (χ0) is 16.0. The molecule has 5 nitrogen and oxygen atoms in total. The van der Waals surface area contributed by atoms with E-state index in [1.807, 2.05) is 48.5 Å². The van der Waals surface area contributed by atoms with Gasteiger partial charge in [0.15, 0.2) is 0 Å². The SMILES string of the molecule is O=C([O-])[C@@H]1CCC(=O)N1C1c2ccccc2Oc2ccccc21. The van der Waals surface area contributed by atoms with E-state index in [9.17, 15) is 14.7 Å². The van der Waals surface area contributed by atoms with Crippen LogP contribution in [0.3, 0.4) is 0 Å². The number of carbonyl (C=O) groups is 2. The molecule has 0 radical (unpaired) electrons. The Bertz CT molecular complexity index is 756. The van der Waals surface area contributed by atoms with E-state index in [1.165, 1.54) is 4.90 Å². The second-order valence-electron chi connectivity index (χ2n) is 5.75. The molecule has 0 N–H and O–H groups in total. The molecule has 2 aliphatic heterocycles. The van der Waals surface area contributed by atoms with E-state index in [-0.39, 0.29) is 18.7 Å². The molecule has 2 aliphatic rings. The lowest BCUT2D eigenvalue weighted by molar-refractivity contribution is -0.311. The molecule has 23 heavy (non-hydrogen) atoms. The van der Waals surface area contributed by atoms with Gasteiger partial charge in [-0.05, 0) is 18.6 Å². The number of carboxylic acid groups (broad SMARTS) is 1. The fraction of sp³-hybridized carbons (Fsp3) is 0.222. The van der Waals surface area contributed by atoms with Crippen molar-refractivity contribution in [2.75, 3.05) is 0 Å². The predicted molar refractivity (Wildman–Crippen MR) is 79.7 cm³/mol. The van der Waals surface area contributed by atoms with Crippen molar-refractivity contribution in [2.45, 2.75) is 24.9 Å². The zero-order valence-corrected chi connectivity index (χ0v) is 12.3. The third-order valence-electron chi connectivity index (χ3n) is 4.45. The van der Waals surface area contributed by atoms with Crippen LogP contribution in [0.15, 0.2) is 48.5 Å². The van der Waals surface area contributed by atoms with Crippen LogP contribution in [0.1, 0.15) is 30.0 Å². The van der Waals surface area contributed by atoms with Gasteiger partial charge in [-0.15, -0.1) is 0 Å². The summed E-state index contributed by atoms with van der Waals surface area (Å²) in [6.07, 6.45) is 0.503. The van der Waals surface area contributed by atoms with Crippen molar-refractivity contribution in [1.82, 2.24) is 4.90 Å². The Balaban J connectivity index is 1.90. The van der Waals surface area contributed by atoms with Crippen LogP contribution in [0, 0.1) is 0 Å². The lowest BCUT2D eigenvalue weighted by Gasteiger charge is -2.38. The minimum Gasteiger partial charge on any atom is -0.548 e. The molecule has 2 heterocycles. The summed E-state index contributed by atoms with van der Waals surface area (Å²) >= 11 is 0. The topological polar surface area (TPSA) is 69.7 Å². The van der Waals surface area contributed by atoms with Crippen LogP contribution in [-0.4, -0.2) is 22.8 Å². The highest BCUT2D eigenvalue weighted by Crippen LogP contribution is 2.47. The van der Waals surface area contributed by atoms with Crippen LogP contribution in [-0.2, 0) is 9.59 Å². The van der Waals surface area contributed by atoms with Crippen LogP contribution >= 0.6 is 0 Å². The van der Waals surface area contributed by atoms with Crippen molar-refractivity contribution >= 4 is 11.9 Å². The number of rotatable bonds is 2. The third-order valence-corrected chi connectivity index (χ3v) is 4.45. The van der Waals surface area contributed by atoms with E-state index in [4.69, 9.17) is 4.74 Å². The smallest absolute Gasteiger partial charge is 0.224 e. The summed E-state index contributed by atoms with van der Waals surface area (Å²) < 4.78 is 5.90. The van der Waals surface area contributed by atoms with Crippen molar-refractivity contribution < 1.29 is 19.4 Å². The van der Waals surface area contributed by atoms with Crippen LogP contribution in [0.4, 0.5) is 0 Å². The molecule has 0 bridgehead atoms. The van der Waals surface area contributed by atoms with E-state index < -0.39 is 18.1 Å². The number of hydrogen-bond acceptors (Lipinski definition) is 4. The van der Waals surface area contributed by atoms with Gasteiger partial charge in [0.1, 0.15) is 11.5 Å². The lowest BCUT2D eigenvalue weighted by atomic mass is 9.92. The number of fused-ring (bicyclic) bond motifs is 2. The van der Waals surface area contributed by atoms with Gasteiger partial charge >= 0.3 is 0 Å². The number of likely N-dealkylation sites (tertiary alicyclic amines) is 1. The molecule has 1 fully saturated rings. The molecule has 0 aliphatic carbocycles. The number of amides is 1. The molecule has 1 atom stereocenters. The Morgan fingerprint density at radius 1 is 1.04 bits per heavy atom. The number of ether oxygens (including phenoxy) is 1. The first-order valence-corrected chi connectivity index (χ1v) is 7.54. The summed E-state index contributed by atoms with van der Waals surface area (Å²) in [6.45, 7) is 0. The van der Waals surface area contributed by atoms with E-state index >= 15 is 0 Å². The minimum absolute atomic E-state index is 0.171. The van der Waals surface area contributed by atoms with Crippen molar-refractivity contribution in [1.29, 1.82) is 0 Å². The van der Waals surface area contributed by atoms with Gasteiger partial charge < -0.3 is 19.5 Å². The van der Waals surface area contributed by atoms with Gasteiger partial charge in [0.2, 0.25) is 5.91 Å². The largest absolute Gasteiger partial charge is 0.548 e. The second-order valence-corrected chi connectivity index (χ2v) is 5.75. The average Bonchev–Trinajstić information content (AvgIpc) is 2.94. The fourth-order valence-electron chi connectivity index (χ4n) is 3.44. The van der Waals surface area contributed by atoms with Crippen LogP contribution < -0.4 is 9.84 Å². The van der Waals surface area contributed by atoms with Crippen LogP contribution in [0.5, 0.6) is 11.5 Å². The molecule has 0 aromatic heterocycles. The maximum atomic E-state index is 12.4. The molecule has 2 aromatic carbocycles. The summed E-state index contributed by atoms with van der Waals surface area (Å²) in [5.74, 6) is -0.0889.